The van der Waals surface area contributed by atoms with E-state index < -0.39 is 0 Å². The Morgan fingerprint density at radius 3 is 3.06 bits per heavy atom. The lowest BCUT2D eigenvalue weighted by atomic mass is 9.86. The number of rotatable bonds is 3. The van der Waals surface area contributed by atoms with Crippen molar-refractivity contribution in [3.63, 3.8) is 0 Å². The molecule has 0 aromatic heterocycles. The first-order valence-electron chi connectivity index (χ1n) is 6.17. The molecule has 0 saturated carbocycles. The molecule has 1 aliphatic heterocycles. The fourth-order valence-electron chi connectivity index (χ4n) is 2.58. The smallest absolute Gasteiger partial charge is 0.123 e. The summed E-state index contributed by atoms with van der Waals surface area (Å²) in [4.78, 5) is 0. The molecule has 17 heavy (non-hydrogen) atoms. The average Bonchev–Trinajstić information content (AvgIpc) is 2.28. The first-order valence-corrected chi connectivity index (χ1v) is 6.17. The number of halogens is 1. The lowest BCUT2D eigenvalue weighted by Gasteiger charge is -2.38. The van der Waals surface area contributed by atoms with Crippen molar-refractivity contribution in [3.05, 3.63) is 35.6 Å². The van der Waals surface area contributed by atoms with E-state index in [0.29, 0.717) is 6.04 Å². The fraction of sp³-hybridized carbons (Fsp3) is 0.571. The van der Waals surface area contributed by atoms with E-state index in [4.69, 9.17) is 4.74 Å². The second kappa shape index (κ2) is 5.15. The van der Waals surface area contributed by atoms with Crippen LogP contribution in [0.3, 0.4) is 0 Å². The van der Waals surface area contributed by atoms with Crippen molar-refractivity contribution in [2.45, 2.75) is 37.8 Å². The maximum Gasteiger partial charge on any atom is 0.123 e. The molecule has 1 aliphatic rings. The van der Waals surface area contributed by atoms with Crippen molar-refractivity contribution < 1.29 is 9.13 Å². The highest BCUT2D eigenvalue weighted by molar-refractivity contribution is 5.18. The van der Waals surface area contributed by atoms with Gasteiger partial charge in [0.2, 0.25) is 0 Å². The monoisotopic (exact) mass is 237 g/mol. The maximum atomic E-state index is 13.1. The van der Waals surface area contributed by atoms with Crippen LogP contribution in [0.15, 0.2) is 24.3 Å². The highest BCUT2D eigenvalue weighted by atomic mass is 19.1. The molecule has 0 amide bonds. The van der Waals surface area contributed by atoms with Gasteiger partial charge >= 0.3 is 0 Å². The Morgan fingerprint density at radius 1 is 1.53 bits per heavy atom. The molecule has 1 aromatic rings. The van der Waals surface area contributed by atoms with Crippen molar-refractivity contribution in [2.75, 3.05) is 13.7 Å². The van der Waals surface area contributed by atoms with Gasteiger partial charge in [-0.15, -0.1) is 0 Å². The predicted octanol–water partition coefficient (Wildman–Crippen LogP) is 2.53. The summed E-state index contributed by atoms with van der Waals surface area (Å²) in [6, 6.07) is 7.29. The molecule has 0 radical (unpaired) electrons. The standard InChI is InChI=1S/C14H20FNO/c1-14(10-13(16-2)6-7-17-14)9-11-4-3-5-12(15)8-11/h3-5,8,13,16H,6-7,9-10H2,1-2H3. The summed E-state index contributed by atoms with van der Waals surface area (Å²) < 4.78 is 19.0. The molecule has 1 heterocycles. The maximum absolute atomic E-state index is 13.1. The van der Waals surface area contributed by atoms with E-state index in [2.05, 4.69) is 12.2 Å². The summed E-state index contributed by atoms with van der Waals surface area (Å²) in [5.41, 5.74) is 0.823. The van der Waals surface area contributed by atoms with E-state index in [1.807, 2.05) is 13.1 Å². The van der Waals surface area contributed by atoms with Gasteiger partial charge in [-0.1, -0.05) is 12.1 Å². The number of nitrogens with one attached hydrogen (secondary N) is 1. The normalized spacial score (nSPS) is 29.2. The van der Waals surface area contributed by atoms with Gasteiger partial charge < -0.3 is 10.1 Å². The molecule has 1 saturated heterocycles. The minimum atomic E-state index is -0.181. The van der Waals surface area contributed by atoms with E-state index in [0.717, 1.165) is 31.4 Å². The fourth-order valence-corrected chi connectivity index (χ4v) is 2.58. The van der Waals surface area contributed by atoms with Gasteiger partial charge in [0.25, 0.3) is 0 Å². The zero-order chi connectivity index (χ0) is 12.3. The van der Waals surface area contributed by atoms with Gasteiger partial charge in [-0.25, -0.2) is 4.39 Å². The van der Waals surface area contributed by atoms with Gasteiger partial charge in [0.15, 0.2) is 0 Å². The Morgan fingerprint density at radius 2 is 2.35 bits per heavy atom. The average molecular weight is 237 g/mol. The van der Waals surface area contributed by atoms with E-state index in [9.17, 15) is 4.39 Å². The summed E-state index contributed by atoms with van der Waals surface area (Å²) in [6.07, 6.45) is 2.79. The third-order valence-corrected chi connectivity index (χ3v) is 3.47. The summed E-state index contributed by atoms with van der Waals surface area (Å²) in [6.45, 7) is 2.89. The summed E-state index contributed by atoms with van der Waals surface area (Å²) in [7, 11) is 1.98. The summed E-state index contributed by atoms with van der Waals surface area (Å²) in [5.74, 6) is -0.174. The first kappa shape index (κ1) is 12.5. The quantitative estimate of drug-likeness (QED) is 0.872. The minimum Gasteiger partial charge on any atom is -0.375 e. The van der Waals surface area contributed by atoms with E-state index in [1.165, 1.54) is 6.07 Å². The minimum absolute atomic E-state index is 0.174. The number of hydrogen-bond donors (Lipinski definition) is 1. The Balaban J connectivity index is 2.06. The lowest BCUT2D eigenvalue weighted by Crippen LogP contribution is -2.45. The molecule has 0 spiro atoms. The zero-order valence-electron chi connectivity index (χ0n) is 10.5. The zero-order valence-corrected chi connectivity index (χ0v) is 10.5. The van der Waals surface area contributed by atoms with Crippen molar-refractivity contribution in [2.24, 2.45) is 0 Å². The number of hydrogen-bond acceptors (Lipinski definition) is 2. The third kappa shape index (κ3) is 3.27. The van der Waals surface area contributed by atoms with E-state index in [1.54, 1.807) is 12.1 Å². The van der Waals surface area contributed by atoms with Crippen LogP contribution in [0, 0.1) is 5.82 Å². The van der Waals surface area contributed by atoms with Crippen LogP contribution in [0.1, 0.15) is 25.3 Å². The molecular weight excluding hydrogens is 217 g/mol. The molecule has 1 N–H and O–H groups in total. The third-order valence-electron chi connectivity index (χ3n) is 3.47. The second-order valence-corrected chi connectivity index (χ2v) is 5.08. The van der Waals surface area contributed by atoms with Crippen molar-refractivity contribution >= 4 is 0 Å². The van der Waals surface area contributed by atoms with Crippen LogP contribution in [0.4, 0.5) is 4.39 Å². The van der Waals surface area contributed by atoms with Crippen molar-refractivity contribution in [3.8, 4) is 0 Å². The van der Waals surface area contributed by atoms with Crippen LogP contribution in [0.25, 0.3) is 0 Å². The van der Waals surface area contributed by atoms with Crippen LogP contribution < -0.4 is 5.32 Å². The Labute approximate surface area is 102 Å². The Hall–Kier alpha value is -0.930. The molecule has 1 aromatic carbocycles. The molecular formula is C14H20FNO. The number of benzene rings is 1. The van der Waals surface area contributed by atoms with E-state index in [-0.39, 0.29) is 11.4 Å². The van der Waals surface area contributed by atoms with Gasteiger partial charge in [-0.3, -0.25) is 0 Å². The second-order valence-electron chi connectivity index (χ2n) is 5.08. The summed E-state index contributed by atoms with van der Waals surface area (Å²) >= 11 is 0. The largest absolute Gasteiger partial charge is 0.375 e. The topological polar surface area (TPSA) is 21.3 Å². The van der Waals surface area contributed by atoms with Gasteiger partial charge in [0.1, 0.15) is 5.82 Å². The van der Waals surface area contributed by atoms with Crippen LogP contribution >= 0.6 is 0 Å². The van der Waals surface area contributed by atoms with Gasteiger partial charge in [0.05, 0.1) is 5.60 Å². The van der Waals surface area contributed by atoms with E-state index >= 15 is 0 Å². The van der Waals surface area contributed by atoms with Crippen LogP contribution in [0.5, 0.6) is 0 Å². The van der Waals surface area contributed by atoms with Crippen LogP contribution in [-0.2, 0) is 11.2 Å². The van der Waals surface area contributed by atoms with Gasteiger partial charge in [0, 0.05) is 19.1 Å². The molecule has 2 atom stereocenters. The van der Waals surface area contributed by atoms with Gasteiger partial charge in [-0.2, -0.15) is 0 Å². The lowest BCUT2D eigenvalue weighted by molar-refractivity contribution is -0.0744. The molecule has 0 bridgehead atoms. The predicted molar refractivity (Wildman–Crippen MR) is 66.5 cm³/mol. The highest BCUT2D eigenvalue weighted by Gasteiger charge is 2.32. The summed E-state index contributed by atoms with van der Waals surface area (Å²) in [5, 5.41) is 3.30. The van der Waals surface area contributed by atoms with Crippen LogP contribution in [-0.4, -0.2) is 25.3 Å². The van der Waals surface area contributed by atoms with Crippen molar-refractivity contribution in [1.29, 1.82) is 0 Å². The number of ether oxygens (including phenoxy) is 1. The van der Waals surface area contributed by atoms with Crippen LogP contribution in [0.2, 0.25) is 0 Å². The molecule has 94 valence electrons. The molecule has 1 fully saturated rings. The molecule has 2 unspecified atom stereocenters. The van der Waals surface area contributed by atoms with Gasteiger partial charge in [-0.05, 0) is 44.5 Å². The Kier molecular flexibility index (Phi) is 3.79. The molecule has 0 aliphatic carbocycles. The van der Waals surface area contributed by atoms with Crippen molar-refractivity contribution in [1.82, 2.24) is 5.32 Å². The molecule has 2 rings (SSSR count). The Bertz CT molecular complexity index is 382. The SMILES string of the molecule is CNC1CCOC(C)(Cc2cccc(F)c2)C1. The highest BCUT2D eigenvalue weighted by Crippen LogP contribution is 2.28. The first-order chi connectivity index (χ1) is 8.11. The molecule has 3 heteroatoms. The molecule has 2 nitrogen and oxygen atoms in total.